The van der Waals surface area contributed by atoms with E-state index < -0.39 is 0 Å². The van der Waals surface area contributed by atoms with Gasteiger partial charge in [-0.2, -0.15) is 0 Å². The summed E-state index contributed by atoms with van der Waals surface area (Å²) in [7, 11) is 0. The number of rotatable bonds is 0. The third-order valence-electron chi connectivity index (χ3n) is 2.63. The van der Waals surface area contributed by atoms with Crippen LogP contribution < -0.4 is 5.73 Å². The van der Waals surface area contributed by atoms with E-state index in [9.17, 15) is 5.11 Å². The second kappa shape index (κ2) is 4.39. The molecule has 0 spiro atoms. The maximum absolute atomic E-state index is 9.60. The van der Waals surface area contributed by atoms with Crippen LogP contribution in [0.2, 0.25) is 0 Å². The zero-order valence-corrected chi connectivity index (χ0v) is 10.2. The van der Waals surface area contributed by atoms with Crippen molar-refractivity contribution in [3.8, 4) is 0 Å². The molecular weight excluding hydrogens is 190 g/mol. The molecule has 2 atom stereocenters. The van der Waals surface area contributed by atoms with E-state index in [4.69, 9.17) is 5.73 Å². The van der Waals surface area contributed by atoms with Gasteiger partial charge < -0.3 is 15.7 Å². The second-order valence-corrected chi connectivity index (χ2v) is 5.42. The summed E-state index contributed by atoms with van der Waals surface area (Å²) in [5.74, 6) is 0.869. The number of nitrogens with two attached hydrogens (primary N) is 1. The number of guanidine groups is 1. The Labute approximate surface area is 92.2 Å². The van der Waals surface area contributed by atoms with Crippen molar-refractivity contribution in [3.05, 3.63) is 0 Å². The fraction of sp³-hybridized carbons (Fsp3) is 0.909. The molecule has 4 nitrogen and oxygen atoms in total. The number of nitrogens with zero attached hydrogens (tertiary/aromatic N) is 2. The van der Waals surface area contributed by atoms with Crippen LogP contribution in [0.25, 0.3) is 0 Å². The molecule has 1 saturated heterocycles. The zero-order valence-electron chi connectivity index (χ0n) is 10.2. The van der Waals surface area contributed by atoms with Gasteiger partial charge in [0.2, 0.25) is 0 Å². The molecule has 0 aliphatic carbocycles. The zero-order chi connectivity index (χ0) is 11.6. The van der Waals surface area contributed by atoms with Gasteiger partial charge in [0, 0.05) is 13.1 Å². The molecule has 1 heterocycles. The van der Waals surface area contributed by atoms with Crippen molar-refractivity contribution in [1.29, 1.82) is 0 Å². The molecule has 4 heteroatoms. The van der Waals surface area contributed by atoms with E-state index in [-0.39, 0.29) is 17.6 Å². The Morgan fingerprint density at radius 2 is 2.07 bits per heavy atom. The minimum Gasteiger partial charge on any atom is -0.393 e. The van der Waals surface area contributed by atoms with Crippen molar-refractivity contribution in [2.45, 2.75) is 45.8 Å². The van der Waals surface area contributed by atoms with Crippen LogP contribution >= 0.6 is 0 Å². The molecule has 0 saturated carbocycles. The predicted molar refractivity (Wildman–Crippen MR) is 62.7 cm³/mol. The lowest BCUT2D eigenvalue weighted by Crippen LogP contribution is -2.48. The number of aliphatic hydroxyl groups excluding tert-OH is 1. The molecule has 3 N–H and O–H groups in total. The van der Waals surface area contributed by atoms with Crippen LogP contribution in [0, 0.1) is 5.92 Å². The normalized spacial score (nSPS) is 29.4. The average molecular weight is 213 g/mol. The van der Waals surface area contributed by atoms with Gasteiger partial charge in [0.15, 0.2) is 5.96 Å². The Morgan fingerprint density at radius 3 is 2.53 bits per heavy atom. The van der Waals surface area contributed by atoms with Crippen LogP contribution in [-0.2, 0) is 0 Å². The lowest BCUT2D eigenvalue weighted by molar-refractivity contribution is 0.0583. The van der Waals surface area contributed by atoms with E-state index in [0.29, 0.717) is 5.96 Å². The largest absolute Gasteiger partial charge is 0.393 e. The smallest absolute Gasteiger partial charge is 0.191 e. The van der Waals surface area contributed by atoms with Crippen LogP contribution in [0.3, 0.4) is 0 Å². The van der Waals surface area contributed by atoms with Crippen molar-refractivity contribution < 1.29 is 5.11 Å². The highest BCUT2D eigenvalue weighted by atomic mass is 16.3. The van der Waals surface area contributed by atoms with Crippen LogP contribution in [0.1, 0.15) is 34.1 Å². The Balaban J connectivity index is 2.62. The molecule has 88 valence electrons. The SMILES string of the molecule is CC1CN(C(N)=NC(C)(C)C)CCC1O. The summed E-state index contributed by atoms with van der Waals surface area (Å²) in [5.41, 5.74) is 5.80. The number of piperidine rings is 1. The molecule has 15 heavy (non-hydrogen) atoms. The van der Waals surface area contributed by atoms with Gasteiger partial charge in [-0.25, -0.2) is 4.99 Å². The Morgan fingerprint density at radius 1 is 1.47 bits per heavy atom. The number of aliphatic hydroxyl groups is 1. The molecule has 1 aliphatic rings. The van der Waals surface area contributed by atoms with Crippen molar-refractivity contribution >= 4 is 5.96 Å². The van der Waals surface area contributed by atoms with Crippen LogP contribution in [0.4, 0.5) is 0 Å². The summed E-state index contributed by atoms with van der Waals surface area (Å²) in [5, 5.41) is 9.60. The molecule has 2 unspecified atom stereocenters. The molecule has 1 rings (SSSR count). The van der Waals surface area contributed by atoms with Gasteiger partial charge in [0.1, 0.15) is 0 Å². The van der Waals surface area contributed by atoms with Gasteiger partial charge in [0.25, 0.3) is 0 Å². The summed E-state index contributed by atoms with van der Waals surface area (Å²) in [6, 6.07) is 0. The summed E-state index contributed by atoms with van der Waals surface area (Å²) in [4.78, 5) is 6.49. The van der Waals surface area contributed by atoms with Crippen LogP contribution in [0.5, 0.6) is 0 Å². The van der Waals surface area contributed by atoms with Crippen molar-refractivity contribution in [1.82, 2.24) is 4.90 Å². The van der Waals surface area contributed by atoms with E-state index in [1.165, 1.54) is 0 Å². The fourth-order valence-corrected chi connectivity index (χ4v) is 1.76. The number of hydrogen-bond acceptors (Lipinski definition) is 2. The first-order valence-corrected chi connectivity index (χ1v) is 5.58. The third-order valence-corrected chi connectivity index (χ3v) is 2.63. The summed E-state index contributed by atoms with van der Waals surface area (Å²) < 4.78 is 0. The molecule has 0 bridgehead atoms. The van der Waals surface area contributed by atoms with Crippen LogP contribution in [-0.4, -0.2) is 40.7 Å². The fourth-order valence-electron chi connectivity index (χ4n) is 1.76. The Bertz CT molecular complexity index is 245. The number of aliphatic imine (C=N–C) groups is 1. The first kappa shape index (κ1) is 12.3. The van der Waals surface area contributed by atoms with Crippen molar-refractivity contribution in [2.24, 2.45) is 16.6 Å². The summed E-state index contributed by atoms with van der Waals surface area (Å²) >= 11 is 0. The van der Waals surface area contributed by atoms with Gasteiger partial charge in [-0.3, -0.25) is 0 Å². The molecule has 0 aromatic heterocycles. The molecule has 0 aromatic rings. The second-order valence-electron chi connectivity index (χ2n) is 5.42. The van der Waals surface area contributed by atoms with E-state index in [2.05, 4.69) is 9.89 Å². The van der Waals surface area contributed by atoms with Crippen LogP contribution in [0.15, 0.2) is 4.99 Å². The van der Waals surface area contributed by atoms with Gasteiger partial charge in [-0.1, -0.05) is 6.92 Å². The van der Waals surface area contributed by atoms with E-state index in [0.717, 1.165) is 19.5 Å². The van der Waals surface area contributed by atoms with E-state index >= 15 is 0 Å². The lowest BCUT2D eigenvalue weighted by Gasteiger charge is -2.35. The van der Waals surface area contributed by atoms with Gasteiger partial charge >= 0.3 is 0 Å². The molecule has 0 amide bonds. The minimum atomic E-state index is -0.191. The molecule has 0 radical (unpaired) electrons. The topological polar surface area (TPSA) is 61.8 Å². The minimum absolute atomic E-state index is 0.136. The summed E-state index contributed by atoms with van der Waals surface area (Å²) in [6.07, 6.45) is 0.588. The standard InChI is InChI=1S/C11H23N3O/c1-8-7-14(6-5-9(8)15)10(12)13-11(2,3)4/h8-9,15H,5-7H2,1-4H3,(H2,12,13). The first-order chi connectivity index (χ1) is 6.79. The predicted octanol–water partition coefficient (Wildman–Crippen LogP) is 0.802. The molecule has 0 aromatic carbocycles. The number of hydrogen-bond donors (Lipinski definition) is 2. The molecular formula is C11H23N3O. The highest BCUT2D eigenvalue weighted by molar-refractivity contribution is 5.78. The molecule has 1 aliphatic heterocycles. The molecule has 1 fully saturated rings. The van der Waals surface area contributed by atoms with E-state index in [1.807, 2.05) is 27.7 Å². The maximum Gasteiger partial charge on any atom is 0.191 e. The first-order valence-electron chi connectivity index (χ1n) is 5.58. The lowest BCUT2D eigenvalue weighted by atomic mass is 9.97. The highest BCUT2D eigenvalue weighted by Crippen LogP contribution is 2.17. The number of likely N-dealkylation sites (tertiary alicyclic amines) is 1. The maximum atomic E-state index is 9.60. The summed E-state index contributed by atoms with van der Waals surface area (Å²) in [6.45, 7) is 9.73. The Kier molecular flexibility index (Phi) is 3.60. The van der Waals surface area contributed by atoms with Crippen molar-refractivity contribution in [3.63, 3.8) is 0 Å². The Hall–Kier alpha value is -0.770. The van der Waals surface area contributed by atoms with Gasteiger partial charge in [0.05, 0.1) is 11.6 Å². The highest BCUT2D eigenvalue weighted by Gasteiger charge is 2.25. The van der Waals surface area contributed by atoms with Crippen molar-refractivity contribution in [2.75, 3.05) is 13.1 Å². The van der Waals surface area contributed by atoms with Gasteiger partial charge in [-0.05, 0) is 33.1 Å². The van der Waals surface area contributed by atoms with Gasteiger partial charge in [-0.15, -0.1) is 0 Å². The average Bonchev–Trinajstić information content (AvgIpc) is 2.06. The third kappa shape index (κ3) is 3.70. The quantitative estimate of drug-likeness (QED) is 0.462. The monoisotopic (exact) mass is 213 g/mol. The van der Waals surface area contributed by atoms with E-state index in [1.54, 1.807) is 0 Å².